The van der Waals surface area contributed by atoms with E-state index in [0.29, 0.717) is 5.75 Å². The van der Waals surface area contributed by atoms with Crippen LogP contribution in [0.5, 0.6) is 0 Å². The largest absolute Gasteiger partial charge is 0.480 e. The van der Waals surface area contributed by atoms with Crippen LogP contribution in [0.15, 0.2) is 0 Å². The van der Waals surface area contributed by atoms with Gasteiger partial charge in [-0.05, 0) is 24.3 Å². The first-order valence-electron chi connectivity index (χ1n) is 6.93. The van der Waals surface area contributed by atoms with Crippen LogP contribution in [0, 0.1) is 5.92 Å². The minimum atomic E-state index is -1.12. The summed E-state index contributed by atoms with van der Waals surface area (Å²) in [5, 5.41) is 22.8. The van der Waals surface area contributed by atoms with Gasteiger partial charge in [-0.1, -0.05) is 13.8 Å². The number of nitrogens with two attached hydrogens (primary N) is 1. The van der Waals surface area contributed by atoms with Crippen molar-refractivity contribution in [1.29, 1.82) is 0 Å². The van der Waals surface area contributed by atoms with Crippen molar-refractivity contribution in [3.8, 4) is 0 Å². The predicted octanol–water partition coefficient (Wildman–Crippen LogP) is -1.23. The molecule has 0 radical (unpaired) electrons. The Labute approximate surface area is 134 Å². The van der Waals surface area contributed by atoms with Crippen molar-refractivity contribution in [2.24, 2.45) is 11.7 Å². The molecule has 0 saturated heterocycles. The van der Waals surface area contributed by atoms with Crippen LogP contribution in [0.3, 0.4) is 0 Å². The summed E-state index contributed by atoms with van der Waals surface area (Å²) in [6.45, 7) is 2.89. The van der Waals surface area contributed by atoms with Gasteiger partial charge in [-0.2, -0.15) is 11.8 Å². The summed E-state index contributed by atoms with van der Waals surface area (Å²) in [7, 11) is 0. The SMILES string of the molecule is CSCC[C@H](NC(=O)[C@@H](NC(=O)[C@@H](N)CO)C(C)C)C(=O)O. The van der Waals surface area contributed by atoms with Gasteiger partial charge >= 0.3 is 5.97 Å². The number of carbonyl (C=O) groups is 3. The number of thioether (sulfide) groups is 1. The first-order chi connectivity index (χ1) is 10.2. The summed E-state index contributed by atoms with van der Waals surface area (Å²) in [6.07, 6.45) is 2.13. The molecule has 22 heavy (non-hydrogen) atoms. The zero-order valence-electron chi connectivity index (χ0n) is 13.0. The summed E-state index contributed by atoms with van der Waals surface area (Å²) in [4.78, 5) is 35.0. The molecule has 128 valence electrons. The van der Waals surface area contributed by atoms with Gasteiger partial charge in [0.1, 0.15) is 18.1 Å². The van der Waals surface area contributed by atoms with Crippen molar-refractivity contribution in [2.45, 2.75) is 38.4 Å². The van der Waals surface area contributed by atoms with E-state index < -0.39 is 42.5 Å². The van der Waals surface area contributed by atoms with Crippen LogP contribution in [0.25, 0.3) is 0 Å². The Hall–Kier alpha value is -1.32. The number of hydrogen-bond donors (Lipinski definition) is 5. The van der Waals surface area contributed by atoms with E-state index >= 15 is 0 Å². The van der Waals surface area contributed by atoms with Gasteiger partial charge in [0.25, 0.3) is 0 Å². The van der Waals surface area contributed by atoms with Crippen LogP contribution in [-0.4, -0.2) is 64.7 Å². The average molecular weight is 335 g/mol. The highest BCUT2D eigenvalue weighted by Crippen LogP contribution is 2.06. The highest BCUT2D eigenvalue weighted by atomic mass is 32.2. The number of amides is 2. The second-order valence-electron chi connectivity index (χ2n) is 5.20. The van der Waals surface area contributed by atoms with E-state index in [1.165, 1.54) is 11.8 Å². The van der Waals surface area contributed by atoms with Gasteiger partial charge in [0.2, 0.25) is 11.8 Å². The number of rotatable bonds is 10. The van der Waals surface area contributed by atoms with Crippen molar-refractivity contribution < 1.29 is 24.6 Å². The van der Waals surface area contributed by atoms with Crippen LogP contribution in [0.2, 0.25) is 0 Å². The molecule has 0 heterocycles. The molecule has 0 unspecified atom stereocenters. The molecule has 0 aromatic rings. The van der Waals surface area contributed by atoms with Crippen molar-refractivity contribution >= 4 is 29.5 Å². The van der Waals surface area contributed by atoms with E-state index in [-0.39, 0.29) is 12.3 Å². The molecular formula is C13H25N3O5S. The fraction of sp³-hybridized carbons (Fsp3) is 0.769. The number of hydrogen-bond acceptors (Lipinski definition) is 6. The Morgan fingerprint density at radius 2 is 1.77 bits per heavy atom. The van der Waals surface area contributed by atoms with Crippen molar-refractivity contribution in [2.75, 3.05) is 18.6 Å². The summed E-state index contributed by atoms with van der Waals surface area (Å²) < 4.78 is 0. The number of carboxylic acids is 1. The minimum Gasteiger partial charge on any atom is -0.480 e. The zero-order valence-corrected chi connectivity index (χ0v) is 13.9. The predicted molar refractivity (Wildman–Crippen MR) is 84.4 cm³/mol. The standard InChI is InChI=1S/C13H25N3O5S/c1-7(2)10(16-11(18)8(14)6-17)12(19)15-9(13(20)21)4-5-22-3/h7-10,17H,4-6,14H2,1-3H3,(H,15,19)(H,16,18)(H,20,21)/t8-,9-,10-/m0/s1. The molecule has 0 saturated carbocycles. The van der Waals surface area contributed by atoms with E-state index in [0.717, 1.165) is 0 Å². The van der Waals surface area contributed by atoms with Gasteiger partial charge < -0.3 is 26.6 Å². The normalized spacial score (nSPS) is 15.0. The topological polar surface area (TPSA) is 142 Å². The minimum absolute atomic E-state index is 0.259. The Morgan fingerprint density at radius 3 is 2.18 bits per heavy atom. The van der Waals surface area contributed by atoms with E-state index in [4.69, 9.17) is 15.9 Å². The molecule has 0 fully saturated rings. The Kier molecular flexibility index (Phi) is 9.79. The van der Waals surface area contributed by atoms with Gasteiger partial charge in [0.05, 0.1) is 6.61 Å². The summed E-state index contributed by atoms with van der Waals surface area (Å²) in [5.74, 6) is -2.03. The highest BCUT2D eigenvalue weighted by Gasteiger charge is 2.29. The number of aliphatic hydroxyl groups is 1. The molecule has 8 nitrogen and oxygen atoms in total. The van der Waals surface area contributed by atoms with E-state index in [1.807, 2.05) is 6.26 Å². The smallest absolute Gasteiger partial charge is 0.326 e. The van der Waals surface area contributed by atoms with Crippen LogP contribution < -0.4 is 16.4 Å². The monoisotopic (exact) mass is 335 g/mol. The number of carboxylic acid groups (broad SMARTS) is 1. The van der Waals surface area contributed by atoms with Crippen LogP contribution >= 0.6 is 11.8 Å². The van der Waals surface area contributed by atoms with Crippen molar-refractivity contribution in [1.82, 2.24) is 10.6 Å². The van der Waals surface area contributed by atoms with Crippen LogP contribution in [-0.2, 0) is 14.4 Å². The maximum Gasteiger partial charge on any atom is 0.326 e. The number of aliphatic hydroxyl groups excluding tert-OH is 1. The maximum atomic E-state index is 12.2. The molecule has 2 amide bonds. The summed E-state index contributed by atoms with van der Waals surface area (Å²) in [6, 6.07) is -3.05. The van der Waals surface area contributed by atoms with Crippen LogP contribution in [0.1, 0.15) is 20.3 Å². The lowest BCUT2D eigenvalue weighted by molar-refractivity contribution is -0.142. The van der Waals surface area contributed by atoms with Crippen molar-refractivity contribution in [3.05, 3.63) is 0 Å². The van der Waals surface area contributed by atoms with Gasteiger partial charge in [-0.25, -0.2) is 4.79 Å². The Bertz CT molecular complexity index is 392. The first-order valence-corrected chi connectivity index (χ1v) is 8.32. The molecule has 0 aromatic heterocycles. The Balaban J connectivity index is 4.83. The van der Waals surface area contributed by atoms with Crippen molar-refractivity contribution in [3.63, 3.8) is 0 Å². The second kappa shape index (κ2) is 10.4. The fourth-order valence-corrected chi connectivity index (χ4v) is 2.10. The number of carbonyl (C=O) groups excluding carboxylic acids is 2. The molecule has 3 atom stereocenters. The molecule has 0 bridgehead atoms. The van der Waals surface area contributed by atoms with E-state index in [9.17, 15) is 14.4 Å². The zero-order chi connectivity index (χ0) is 17.3. The maximum absolute atomic E-state index is 12.2. The third-order valence-corrected chi connectivity index (χ3v) is 3.65. The molecule has 0 aliphatic carbocycles. The molecule has 0 rings (SSSR count). The van der Waals surface area contributed by atoms with Gasteiger partial charge in [-0.3, -0.25) is 9.59 Å². The molecular weight excluding hydrogens is 310 g/mol. The van der Waals surface area contributed by atoms with Crippen LogP contribution in [0.4, 0.5) is 0 Å². The molecule has 0 aliphatic heterocycles. The third kappa shape index (κ3) is 7.10. The quantitative estimate of drug-likeness (QED) is 0.336. The molecule has 0 aliphatic rings. The average Bonchev–Trinajstić information content (AvgIpc) is 2.46. The summed E-state index contributed by atoms with van der Waals surface area (Å²) in [5.41, 5.74) is 5.39. The van der Waals surface area contributed by atoms with Gasteiger partial charge in [0.15, 0.2) is 0 Å². The lowest BCUT2D eigenvalue weighted by atomic mass is 10.0. The lowest BCUT2D eigenvalue weighted by Crippen LogP contribution is -2.56. The fourth-order valence-electron chi connectivity index (χ4n) is 1.63. The molecule has 9 heteroatoms. The molecule has 6 N–H and O–H groups in total. The second-order valence-corrected chi connectivity index (χ2v) is 6.19. The van der Waals surface area contributed by atoms with E-state index in [2.05, 4.69) is 10.6 Å². The van der Waals surface area contributed by atoms with Gasteiger partial charge in [0, 0.05) is 0 Å². The lowest BCUT2D eigenvalue weighted by Gasteiger charge is -2.25. The highest BCUT2D eigenvalue weighted by molar-refractivity contribution is 7.98. The van der Waals surface area contributed by atoms with E-state index in [1.54, 1.807) is 13.8 Å². The first kappa shape index (κ1) is 20.7. The Morgan fingerprint density at radius 1 is 1.18 bits per heavy atom. The van der Waals surface area contributed by atoms with Gasteiger partial charge in [-0.15, -0.1) is 0 Å². The number of aliphatic carboxylic acids is 1. The number of nitrogens with one attached hydrogen (secondary N) is 2. The third-order valence-electron chi connectivity index (χ3n) is 3.01. The summed E-state index contributed by atoms with van der Waals surface area (Å²) >= 11 is 1.48. The molecule has 0 spiro atoms. The molecule has 0 aromatic carbocycles.